The number of likely N-dealkylation sites (N-methyl/N-ethyl adjacent to an activating group) is 1. The van der Waals surface area contributed by atoms with Crippen LogP contribution in [0.15, 0.2) is 0 Å². The van der Waals surface area contributed by atoms with Crippen LogP contribution in [0.25, 0.3) is 0 Å². The molecular weight excluding hydrogens is 222 g/mol. The maximum Gasteiger partial charge on any atom is 0.0700 e. The third kappa shape index (κ3) is 9.50. The number of ether oxygens (including phenoxy) is 3. The molecule has 0 aliphatic carbocycles. The van der Waals surface area contributed by atoms with Crippen LogP contribution in [0.1, 0.15) is 19.8 Å². The van der Waals surface area contributed by atoms with Crippen LogP contribution >= 0.6 is 0 Å². The van der Waals surface area contributed by atoms with Gasteiger partial charge in [-0.25, -0.2) is 0 Å². The predicted octanol–water partition coefficient (Wildman–Crippen LogP) is 0.417. The van der Waals surface area contributed by atoms with Crippen molar-refractivity contribution in [2.75, 3.05) is 53.8 Å². The molecule has 0 aromatic carbocycles. The van der Waals surface area contributed by atoms with Crippen LogP contribution in [0.3, 0.4) is 0 Å². The summed E-state index contributed by atoms with van der Waals surface area (Å²) in [6, 6.07) is 0. The van der Waals surface area contributed by atoms with Crippen molar-refractivity contribution in [3.05, 3.63) is 0 Å². The van der Waals surface area contributed by atoms with Gasteiger partial charge in [-0.2, -0.15) is 0 Å². The van der Waals surface area contributed by atoms with Crippen molar-refractivity contribution in [1.82, 2.24) is 5.32 Å². The third-order valence-corrected chi connectivity index (χ3v) is 2.76. The molecule has 0 rings (SSSR count). The minimum atomic E-state index is -0.241. The van der Waals surface area contributed by atoms with Crippen LogP contribution in [-0.4, -0.2) is 64.4 Å². The van der Waals surface area contributed by atoms with Gasteiger partial charge >= 0.3 is 0 Å². The number of methoxy groups -OCH3 is 1. The molecule has 0 aliphatic rings. The van der Waals surface area contributed by atoms with Crippen LogP contribution in [0.2, 0.25) is 0 Å². The van der Waals surface area contributed by atoms with Crippen molar-refractivity contribution in [1.29, 1.82) is 0 Å². The maximum absolute atomic E-state index is 9.16. The highest BCUT2D eigenvalue weighted by atomic mass is 16.5. The van der Waals surface area contributed by atoms with E-state index in [0.29, 0.717) is 33.0 Å². The normalized spacial score (nSPS) is 14.8. The van der Waals surface area contributed by atoms with E-state index in [9.17, 15) is 0 Å². The lowest BCUT2D eigenvalue weighted by atomic mass is 10.0. The highest BCUT2D eigenvalue weighted by Crippen LogP contribution is 2.07. The lowest BCUT2D eigenvalue weighted by molar-refractivity contribution is 0.0449. The molecule has 0 heterocycles. The molecule has 0 spiro atoms. The van der Waals surface area contributed by atoms with E-state index in [4.69, 9.17) is 19.3 Å². The second-order valence-electron chi connectivity index (χ2n) is 4.29. The van der Waals surface area contributed by atoms with Crippen molar-refractivity contribution in [3.8, 4) is 0 Å². The summed E-state index contributed by atoms with van der Waals surface area (Å²) in [6.45, 7) is 5.41. The van der Waals surface area contributed by atoms with Gasteiger partial charge in [-0.05, 0) is 26.8 Å². The molecule has 1 atom stereocenters. The Labute approximate surface area is 104 Å². The number of aliphatic hydroxyl groups excluding tert-OH is 1. The summed E-state index contributed by atoms with van der Waals surface area (Å²) in [5.41, 5.74) is -0.241. The summed E-state index contributed by atoms with van der Waals surface area (Å²) in [6.07, 6.45) is 1.68. The number of aliphatic hydroxyl groups is 1. The Morgan fingerprint density at radius 2 is 1.71 bits per heavy atom. The number of nitrogens with one attached hydrogen (secondary N) is 1. The summed E-state index contributed by atoms with van der Waals surface area (Å²) in [5, 5.41) is 12.2. The Bertz CT molecular complexity index is 163. The Morgan fingerprint density at radius 3 is 2.24 bits per heavy atom. The molecule has 17 heavy (non-hydrogen) atoms. The fourth-order valence-corrected chi connectivity index (χ4v) is 1.19. The van der Waals surface area contributed by atoms with E-state index in [1.54, 1.807) is 7.11 Å². The first-order valence-electron chi connectivity index (χ1n) is 6.12. The first-order chi connectivity index (χ1) is 8.18. The van der Waals surface area contributed by atoms with E-state index in [-0.39, 0.29) is 12.1 Å². The molecule has 0 bridgehead atoms. The predicted molar refractivity (Wildman–Crippen MR) is 67.3 cm³/mol. The summed E-state index contributed by atoms with van der Waals surface area (Å²) < 4.78 is 15.6. The standard InChI is InChI=1S/C12H27NO4/c1-12(11-14,13-2)5-8-16-6-4-7-17-10-9-15-3/h13-14H,4-11H2,1-3H3. The average molecular weight is 249 g/mol. The highest BCUT2D eigenvalue weighted by Gasteiger charge is 2.19. The molecule has 104 valence electrons. The first-order valence-corrected chi connectivity index (χ1v) is 6.12. The average Bonchev–Trinajstić information content (AvgIpc) is 2.36. The van der Waals surface area contributed by atoms with Gasteiger partial charge in [0.1, 0.15) is 0 Å². The Kier molecular flexibility index (Phi) is 10.8. The van der Waals surface area contributed by atoms with Gasteiger partial charge in [0.05, 0.1) is 19.8 Å². The molecule has 5 nitrogen and oxygen atoms in total. The first kappa shape index (κ1) is 16.8. The van der Waals surface area contributed by atoms with Crippen molar-refractivity contribution >= 4 is 0 Å². The van der Waals surface area contributed by atoms with E-state index in [0.717, 1.165) is 12.8 Å². The quantitative estimate of drug-likeness (QED) is 0.491. The van der Waals surface area contributed by atoms with Gasteiger partial charge in [-0.15, -0.1) is 0 Å². The van der Waals surface area contributed by atoms with E-state index in [1.165, 1.54) is 0 Å². The highest BCUT2D eigenvalue weighted by molar-refractivity contribution is 4.79. The molecule has 0 radical (unpaired) electrons. The molecule has 0 saturated heterocycles. The summed E-state index contributed by atoms with van der Waals surface area (Å²) in [7, 11) is 3.51. The molecule has 1 unspecified atom stereocenters. The Hall–Kier alpha value is -0.200. The smallest absolute Gasteiger partial charge is 0.0700 e. The molecule has 0 aromatic rings. The van der Waals surface area contributed by atoms with Crippen LogP contribution in [-0.2, 0) is 14.2 Å². The van der Waals surface area contributed by atoms with Gasteiger partial charge in [0.25, 0.3) is 0 Å². The Morgan fingerprint density at radius 1 is 1.06 bits per heavy atom. The zero-order valence-electron chi connectivity index (χ0n) is 11.3. The molecule has 2 N–H and O–H groups in total. The lowest BCUT2D eigenvalue weighted by Crippen LogP contribution is -2.44. The van der Waals surface area contributed by atoms with Gasteiger partial charge in [-0.3, -0.25) is 0 Å². The third-order valence-electron chi connectivity index (χ3n) is 2.76. The van der Waals surface area contributed by atoms with Crippen LogP contribution in [0.5, 0.6) is 0 Å². The van der Waals surface area contributed by atoms with E-state index >= 15 is 0 Å². The van der Waals surface area contributed by atoms with Gasteiger partial charge < -0.3 is 24.6 Å². The summed E-state index contributed by atoms with van der Waals surface area (Å²) >= 11 is 0. The van der Waals surface area contributed by atoms with Crippen molar-refractivity contribution in [2.45, 2.75) is 25.3 Å². The molecule has 0 amide bonds. The molecule has 0 aliphatic heterocycles. The monoisotopic (exact) mass is 249 g/mol. The van der Waals surface area contributed by atoms with Crippen LogP contribution in [0.4, 0.5) is 0 Å². The largest absolute Gasteiger partial charge is 0.394 e. The number of hydrogen-bond acceptors (Lipinski definition) is 5. The topological polar surface area (TPSA) is 60.0 Å². The van der Waals surface area contributed by atoms with Crippen molar-refractivity contribution in [3.63, 3.8) is 0 Å². The van der Waals surface area contributed by atoms with Crippen molar-refractivity contribution < 1.29 is 19.3 Å². The number of rotatable bonds is 12. The lowest BCUT2D eigenvalue weighted by Gasteiger charge is -2.26. The number of hydrogen-bond donors (Lipinski definition) is 2. The fraction of sp³-hybridized carbons (Fsp3) is 1.00. The molecular formula is C12H27NO4. The second kappa shape index (κ2) is 10.9. The van der Waals surface area contributed by atoms with Crippen LogP contribution in [0, 0.1) is 0 Å². The fourth-order valence-electron chi connectivity index (χ4n) is 1.19. The zero-order chi connectivity index (χ0) is 13.0. The van der Waals surface area contributed by atoms with Gasteiger partial charge in [0, 0.05) is 32.5 Å². The van der Waals surface area contributed by atoms with E-state index < -0.39 is 0 Å². The minimum absolute atomic E-state index is 0.118. The zero-order valence-corrected chi connectivity index (χ0v) is 11.3. The van der Waals surface area contributed by atoms with E-state index in [2.05, 4.69) is 5.32 Å². The van der Waals surface area contributed by atoms with Gasteiger partial charge in [0.2, 0.25) is 0 Å². The second-order valence-corrected chi connectivity index (χ2v) is 4.29. The van der Waals surface area contributed by atoms with Gasteiger partial charge in [0.15, 0.2) is 0 Å². The van der Waals surface area contributed by atoms with Crippen LogP contribution < -0.4 is 5.32 Å². The minimum Gasteiger partial charge on any atom is -0.394 e. The molecule has 0 aromatic heterocycles. The summed E-state index contributed by atoms with van der Waals surface area (Å²) in [4.78, 5) is 0. The molecule has 0 saturated carbocycles. The summed E-state index contributed by atoms with van der Waals surface area (Å²) in [5.74, 6) is 0. The van der Waals surface area contributed by atoms with Crippen molar-refractivity contribution in [2.24, 2.45) is 0 Å². The van der Waals surface area contributed by atoms with Gasteiger partial charge in [-0.1, -0.05) is 0 Å². The van der Waals surface area contributed by atoms with E-state index in [1.807, 2.05) is 14.0 Å². The molecule has 5 heteroatoms. The molecule has 0 fully saturated rings. The Balaban J connectivity index is 3.23. The SMILES string of the molecule is CNC(C)(CO)CCOCCCOCCOC. The maximum atomic E-state index is 9.16.